The van der Waals surface area contributed by atoms with E-state index in [2.05, 4.69) is 33.8 Å². The molecule has 1 saturated heterocycles. The summed E-state index contributed by atoms with van der Waals surface area (Å²) in [5.74, 6) is 1.17. The van der Waals surface area contributed by atoms with Crippen LogP contribution in [0.4, 0.5) is 10.6 Å². The molecule has 1 saturated carbocycles. The number of carbonyl (C=O) groups excluding carboxylic acids is 1. The molecule has 3 heterocycles. The van der Waals surface area contributed by atoms with Crippen LogP contribution < -0.4 is 9.64 Å². The number of amides is 1. The summed E-state index contributed by atoms with van der Waals surface area (Å²) < 4.78 is 19.2. The van der Waals surface area contributed by atoms with Crippen molar-refractivity contribution in [1.82, 2.24) is 19.5 Å². The van der Waals surface area contributed by atoms with Gasteiger partial charge in [-0.2, -0.15) is 5.26 Å². The van der Waals surface area contributed by atoms with Crippen LogP contribution >= 0.6 is 20.3 Å². The third kappa shape index (κ3) is 7.26. The number of hydrogen-bond acceptors (Lipinski definition) is 9. The summed E-state index contributed by atoms with van der Waals surface area (Å²) in [6, 6.07) is 15.1. The molecule has 13 heteroatoms. The first-order valence-corrected chi connectivity index (χ1v) is 17.4. The normalized spacial score (nSPS) is 21.3. The molecule has 1 spiro atoms. The molecule has 11 nitrogen and oxygen atoms in total. The second-order valence-electron chi connectivity index (χ2n) is 12.0. The zero-order valence-electron chi connectivity index (χ0n) is 25.2. The third-order valence-electron chi connectivity index (χ3n) is 8.40. The fourth-order valence-corrected chi connectivity index (χ4v) is 6.07. The fraction of sp³-hybridized carbons (Fsp3) is 0.406. The molecule has 2 aliphatic rings. The van der Waals surface area contributed by atoms with Gasteiger partial charge in [0.2, 0.25) is 0 Å². The molecule has 4 aromatic rings. The van der Waals surface area contributed by atoms with Crippen molar-refractivity contribution < 1.29 is 36.9 Å². The van der Waals surface area contributed by atoms with Gasteiger partial charge in [0.1, 0.15) is 17.0 Å². The summed E-state index contributed by atoms with van der Waals surface area (Å²) >= 11 is 5.87. The molecule has 0 unspecified atom stereocenters. The number of rotatable bonds is 8. The predicted octanol–water partition coefficient (Wildman–Crippen LogP) is 5.74. The summed E-state index contributed by atoms with van der Waals surface area (Å²) in [6.45, 7) is 4.78. The molecular formula is C32H34CuIN6O5. The maximum absolute atomic E-state index is 13.1. The Morgan fingerprint density at radius 2 is 1.91 bits per heavy atom. The van der Waals surface area contributed by atoms with Crippen LogP contribution in [0.3, 0.4) is 0 Å². The van der Waals surface area contributed by atoms with E-state index in [9.17, 15) is 15.2 Å². The van der Waals surface area contributed by atoms with E-state index in [-0.39, 0.29) is 19.5 Å². The van der Waals surface area contributed by atoms with Crippen LogP contribution in [0.15, 0.2) is 61.2 Å². The van der Waals surface area contributed by atoms with E-state index < -0.39 is 22.9 Å². The molecule has 0 bridgehead atoms. The summed E-state index contributed by atoms with van der Waals surface area (Å²) in [6.07, 6.45) is 6.52. The average molecular weight is 773 g/mol. The monoisotopic (exact) mass is 772 g/mol. The summed E-state index contributed by atoms with van der Waals surface area (Å²) in [4.78, 5) is 28.1. The Kier molecular flexibility index (Phi) is 10.0. The second-order valence-corrected chi connectivity index (χ2v) is 12.0. The number of aliphatic hydroxyl groups is 1. The van der Waals surface area contributed by atoms with E-state index in [1.54, 1.807) is 64.4 Å². The van der Waals surface area contributed by atoms with E-state index in [4.69, 9.17) is 14.2 Å². The van der Waals surface area contributed by atoms with Gasteiger partial charge < -0.3 is 23.9 Å². The molecule has 1 aliphatic heterocycles. The molecule has 2 fully saturated rings. The van der Waals surface area contributed by atoms with Gasteiger partial charge in [-0.25, -0.2) is 14.8 Å². The molecule has 2 aromatic carbocycles. The van der Waals surface area contributed by atoms with Crippen LogP contribution in [0, 0.1) is 11.3 Å². The molecule has 45 heavy (non-hydrogen) atoms. The number of aromatic nitrogens is 4. The van der Waals surface area contributed by atoms with Gasteiger partial charge in [0.15, 0.2) is 5.82 Å². The van der Waals surface area contributed by atoms with E-state index in [1.165, 1.54) is 4.90 Å². The number of fused-ring (bicyclic) bond motifs is 1. The van der Waals surface area contributed by atoms with Crippen LogP contribution in [-0.4, -0.2) is 55.6 Å². The van der Waals surface area contributed by atoms with E-state index in [0.717, 1.165) is 22.3 Å². The van der Waals surface area contributed by atoms with Crippen LogP contribution in [0.25, 0.3) is 11.0 Å². The summed E-state index contributed by atoms with van der Waals surface area (Å²) in [5.41, 5.74) is 1.01. The molecule has 0 radical (unpaired) electrons. The van der Waals surface area contributed by atoms with Crippen molar-refractivity contribution >= 4 is 43.3 Å². The number of methoxy groups -OCH3 is 1. The van der Waals surface area contributed by atoms with Crippen molar-refractivity contribution in [1.29, 1.82) is 5.26 Å². The molecule has 1 N–H and O–H groups in total. The number of carbonyl (C=O) groups is 1. The molecule has 1 aliphatic carbocycles. The van der Waals surface area contributed by atoms with Gasteiger partial charge in [0, 0.05) is 6.42 Å². The van der Waals surface area contributed by atoms with Gasteiger partial charge in [-0.05, 0) is 69.0 Å². The van der Waals surface area contributed by atoms with Crippen LogP contribution in [0.1, 0.15) is 56.4 Å². The molecule has 1 amide bonds. The minimum absolute atomic E-state index is 0.267. The number of halogens is 1. The number of nitriles is 1. The van der Waals surface area contributed by atoms with Gasteiger partial charge in [0.05, 0.1) is 79.5 Å². The Hall–Kier alpha value is -3.28. The van der Waals surface area contributed by atoms with Gasteiger partial charge in [-0.15, -0.1) is 0 Å². The number of hydrogen-bond donors (Lipinski definition) is 1. The fourth-order valence-electron chi connectivity index (χ4n) is 6.07. The molecule has 2 atom stereocenters. The standard InChI is InChI=1S/C32H34N6O5.Cu.HI/c1-30(2,42-17-22-5-8-24(41-3)9-6-22)27-15-35-28(16-34-27)38-20-32(43-29(38)39)12-4-11-31(40,18-32)19-37-21-36-25-10-7-23(14-33)13-26(25)37;;/h5-10,13,15-16,21,40H,4,11-12,17-20H2,1-3H3;;1H/q;+1;/p-1/t31-,32+;;/m1../s1. The SMILES string of the molecule is COc1ccc(COC(C)(C)c2cnc(N3C[C@@]4(CCC[C@](O)(Cn5cnc6ccc(C#N)cc65)C4)OC3=O)cn2)cc1.[Cu][I]. The topological polar surface area (TPSA) is 136 Å². The Bertz CT molecular complexity index is 1690. The minimum atomic E-state index is -1.12. The molecule has 240 valence electrons. The van der Waals surface area contributed by atoms with E-state index in [1.807, 2.05) is 42.7 Å². The Balaban J connectivity index is 0.00000196. The van der Waals surface area contributed by atoms with Gasteiger partial charge in [0.25, 0.3) is 0 Å². The van der Waals surface area contributed by atoms with E-state index >= 15 is 0 Å². The number of imidazole rings is 1. The van der Waals surface area contributed by atoms with Gasteiger partial charge >= 0.3 is 39.2 Å². The first-order valence-electron chi connectivity index (χ1n) is 14.4. The predicted molar refractivity (Wildman–Crippen MR) is 171 cm³/mol. The summed E-state index contributed by atoms with van der Waals surface area (Å²) in [5, 5.41) is 21.0. The Morgan fingerprint density at radius 1 is 1.13 bits per heavy atom. The summed E-state index contributed by atoms with van der Waals surface area (Å²) in [7, 11) is 1.63. The zero-order chi connectivity index (χ0) is 32.2. The Morgan fingerprint density at radius 3 is 2.60 bits per heavy atom. The number of benzene rings is 2. The first-order chi connectivity index (χ1) is 21.6. The van der Waals surface area contributed by atoms with Crippen molar-refractivity contribution in [2.24, 2.45) is 0 Å². The molecular weight excluding hydrogens is 739 g/mol. The van der Waals surface area contributed by atoms with Crippen molar-refractivity contribution in [2.45, 2.75) is 69.5 Å². The van der Waals surface area contributed by atoms with Gasteiger partial charge in [-0.1, -0.05) is 12.1 Å². The van der Waals surface area contributed by atoms with Crippen molar-refractivity contribution in [3.05, 3.63) is 78.0 Å². The van der Waals surface area contributed by atoms with Gasteiger partial charge in [-0.3, -0.25) is 9.88 Å². The molecule has 6 rings (SSSR count). The number of anilines is 1. The zero-order valence-corrected chi connectivity index (χ0v) is 28.3. The van der Waals surface area contributed by atoms with E-state index in [0.29, 0.717) is 42.9 Å². The Labute approximate surface area is 281 Å². The average Bonchev–Trinajstić information content (AvgIpc) is 3.59. The number of nitrogens with zero attached hydrogens (tertiary/aromatic N) is 6. The third-order valence-corrected chi connectivity index (χ3v) is 8.40. The first kappa shape index (κ1) is 33.1. The quantitative estimate of drug-likeness (QED) is 0.176. The van der Waals surface area contributed by atoms with Crippen LogP contribution in [-0.2, 0) is 41.0 Å². The van der Waals surface area contributed by atoms with Crippen molar-refractivity contribution in [3.63, 3.8) is 0 Å². The van der Waals surface area contributed by atoms with Crippen molar-refractivity contribution in [3.8, 4) is 11.8 Å². The number of ether oxygens (including phenoxy) is 3. The second kappa shape index (κ2) is 13.6. The molecule has 2 aromatic heterocycles. The van der Waals surface area contributed by atoms with Crippen LogP contribution in [0.2, 0.25) is 0 Å². The van der Waals surface area contributed by atoms with Crippen LogP contribution in [0.5, 0.6) is 5.75 Å². The maximum atomic E-state index is 13.1. The van der Waals surface area contributed by atoms with Crippen molar-refractivity contribution in [2.75, 3.05) is 18.6 Å².